The van der Waals surface area contributed by atoms with Gasteiger partial charge >= 0.3 is 0 Å². The van der Waals surface area contributed by atoms with E-state index in [-0.39, 0.29) is 10.8 Å². The number of rotatable bonds is 10. The average Bonchev–Trinajstić information content (AvgIpc) is 3.46. The van der Waals surface area contributed by atoms with Crippen LogP contribution in [0.3, 0.4) is 0 Å². The van der Waals surface area contributed by atoms with Gasteiger partial charge in [0.05, 0.1) is 27.9 Å². The van der Waals surface area contributed by atoms with Crippen LogP contribution in [0.5, 0.6) is 5.75 Å². The molecule has 0 bridgehead atoms. The largest absolute Gasteiger partial charge is 0.497 e. The third-order valence-electron chi connectivity index (χ3n) is 5.71. The van der Waals surface area contributed by atoms with Gasteiger partial charge < -0.3 is 10.1 Å². The summed E-state index contributed by atoms with van der Waals surface area (Å²) in [7, 11) is -2.00. The topological polar surface area (TPSA) is 106 Å². The van der Waals surface area contributed by atoms with Crippen LogP contribution in [0.25, 0.3) is 15.3 Å². The molecule has 2 heterocycles. The van der Waals surface area contributed by atoms with Gasteiger partial charge in [-0.2, -0.15) is 14.1 Å². The van der Waals surface area contributed by atoms with Crippen molar-refractivity contribution in [1.29, 1.82) is 0 Å². The number of fused-ring (bicyclic) bond motifs is 1. The van der Waals surface area contributed by atoms with Gasteiger partial charge in [-0.25, -0.2) is 13.4 Å². The molecule has 1 N–H and O–H groups in total. The molecule has 0 saturated carbocycles. The fraction of sp³-hybridized carbons (Fsp3) is 0.320. The monoisotopic (exact) mass is 527 g/mol. The standard InChI is InChI=1S/C25H29N5O4S2/c1-5-7-14-29(6-2)36(32,33)20-11-8-18(9-12-20)24(31)27-23-15-17(3)28-30(23)25-26-21-13-10-19(34-4)16-22(21)35-25/h8-13,15-16H,5-7,14H2,1-4H3,(H,27,31). The molecule has 0 aliphatic rings. The van der Waals surface area contributed by atoms with Crippen molar-refractivity contribution >= 4 is 43.3 Å². The number of amides is 1. The van der Waals surface area contributed by atoms with Gasteiger partial charge in [0, 0.05) is 24.7 Å². The number of hydrogen-bond donors (Lipinski definition) is 1. The minimum absolute atomic E-state index is 0.169. The molecule has 4 rings (SSSR count). The minimum Gasteiger partial charge on any atom is -0.497 e. The summed E-state index contributed by atoms with van der Waals surface area (Å²) in [5.41, 5.74) is 1.86. The van der Waals surface area contributed by atoms with Crippen molar-refractivity contribution in [3.05, 3.63) is 59.8 Å². The number of carbonyl (C=O) groups is 1. The first-order valence-corrected chi connectivity index (χ1v) is 14.0. The Balaban J connectivity index is 1.56. The highest BCUT2D eigenvalue weighted by Crippen LogP contribution is 2.30. The van der Waals surface area contributed by atoms with E-state index in [2.05, 4.69) is 15.4 Å². The lowest BCUT2D eigenvalue weighted by atomic mass is 10.2. The third kappa shape index (κ3) is 5.28. The van der Waals surface area contributed by atoms with Crippen LogP contribution in [0, 0.1) is 6.92 Å². The van der Waals surface area contributed by atoms with Gasteiger partial charge in [0.1, 0.15) is 11.6 Å². The second kappa shape index (κ2) is 10.8. The Hall–Kier alpha value is -3.28. The van der Waals surface area contributed by atoms with Gasteiger partial charge in [-0.15, -0.1) is 0 Å². The van der Waals surface area contributed by atoms with Crippen LogP contribution in [0.4, 0.5) is 5.82 Å². The van der Waals surface area contributed by atoms with Gasteiger partial charge in [-0.05, 0) is 55.8 Å². The highest BCUT2D eigenvalue weighted by atomic mass is 32.2. The molecule has 2 aromatic carbocycles. The van der Waals surface area contributed by atoms with Crippen molar-refractivity contribution in [1.82, 2.24) is 19.1 Å². The van der Waals surface area contributed by atoms with E-state index in [1.165, 1.54) is 39.9 Å². The van der Waals surface area contributed by atoms with Crippen LogP contribution in [-0.4, -0.2) is 53.6 Å². The Morgan fingerprint density at radius 1 is 1.14 bits per heavy atom. The number of nitrogens with one attached hydrogen (secondary N) is 1. The first-order chi connectivity index (χ1) is 17.3. The van der Waals surface area contributed by atoms with Crippen LogP contribution in [0.2, 0.25) is 0 Å². The number of unbranched alkanes of at least 4 members (excludes halogenated alkanes) is 1. The van der Waals surface area contributed by atoms with Crippen LogP contribution in [0.15, 0.2) is 53.4 Å². The van der Waals surface area contributed by atoms with E-state index in [9.17, 15) is 13.2 Å². The lowest BCUT2D eigenvalue weighted by Crippen LogP contribution is -2.31. The van der Waals surface area contributed by atoms with E-state index in [4.69, 9.17) is 4.74 Å². The molecular weight excluding hydrogens is 498 g/mol. The molecule has 1 amide bonds. The summed E-state index contributed by atoms with van der Waals surface area (Å²) >= 11 is 1.43. The maximum Gasteiger partial charge on any atom is 0.256 e. The predicted octanol–water partition coefficient (Wildman–Crippen LogP) is 4.86. The Morgan fingerprint density at radius 2 is 1.89 bits per heavy atom. The van der Waals surface area contributed by atoms with Gasteiger partial charge in [0.15, 0.2) is 0 Å². The first-order valence-electron chi connectivity index (χ1n) is 11.7. The molecule has 0 aliphatic carbocycles. The molecule has 0 spiro atoms. The van der Waals surface area contributed by atoms with Crippen LogP contribution >= 0.6 is 11.3 Å². The number of anilines is 1. The Kier molecular flexibility index (Phi) is 7.72. The molecular formula is C25H29N5O4S2. The first kappa shape index (κ1) is 25.8. The third-order valence-corrected chi connectivity index (χ3v) is 8.69. The highest BCUT2D eigenvalue weighted by Gasteiger charge is 2.23. The van der Waals surface area contributed by atoms with Crippen LogP contribution in [-0.2, 0) is 10.0 Å². The van der Waals surface area contributed by atoms with Crippen molar-refractivity contribution in [3.63, 3.8) is 0 Å². The van der Waals surface area contributed by atoms with E-state index in [1.54, 1.807) is 17.9 Å². The molecule has 0 unspecified atom stereocenters. The molecule has 36 heavy (non-hydrogen) atoms. The molecule has 9 nitrogen and oxygen atoms in total. The summed E-state index contributed by atoms with van der Waals surface area (Å²) in [5, 5.41) is 7.98. The molecule has 0 fully saturated rings. The van der Waals surface area contributed by atoms with Crippen molar-refractivity contribution in [2.45, 2.75) is 38.5 Å². The van der Waals surface area contributed by atoms with Crippen molar-refractivity contribution < 1.29 is 17.9 Å². The van der Waals surface area contributed by atoms with Crippen LogP contribution < -0.4 is 10.1 Å². The Labute approximate surface area is 214 Å². The maximum absolute atomic E-state index is 13.0. The Bertz CT molecular complexity index is 1480. The van der Waals surface area contributed by atoms with E-state index in [0.717, 1.165) is 34.5 Å². The summed E-state index contributed by atoms with van der Waals surface area (Å²) < 4.78 is 35.2. The van der Waals surface area contributed by atoms with Gasteiger partial charge in [-0.3, -0.25) is 4.79 Å². The molecule has 0 aliphatic heterocycles. The van der Waals surface area contributed by atoms with E-state index >= 15 is 0 Å². The molecule has 11 heteroatoms. The summed E-state index contributed by atoms with van der Waals surface area (Å²) in [6.07, 6.45) is 1.70. The number of carbonyl (C=O) groups excluding carboxylic acids is 1. The highest BCUT2D eigenvalue weighted by molar-refractivity contribution is 7.89. The van der Waals surface area contributed by atoms with Crippen molar-refractivity contribution in [2.24, 2.45) is 0 Å². The van der Waals surface area contributed by atoms with E-state index < -0.39 is 10.0 Å². The summed E-state index contributed by atoms with van der Waals surface area (Å²) in [4.78, 5) is 17.8. The molecule has 190 valence electrons. The Morgan fingerprint density at radius 3 is 2.56 bits per heavy atom. The number of benzene rings is 2. The summed E-state index contributed by atoms with van der Waals surface area (Å²) in [6, 6.07) is 13.4. The summed E-state index contributed by atoms with van der Waals surface area (Å²) in [6.45, 7) is 6.55. The molecule has 0 radical (unpaired) electrons. The lowest BCUT2D eigenvalue weighted by Gasteiger charge is -2.20. The van der Waals surface area contributed by atoms with Crippen molar-refractivity contribution in [2.75, 3.05) is 25.5 Å². The zero-order valence-corrected chi connectivity index (χ0v) is 22.3. The molecule has 2 aromatic heterocycles. The number of methoxy groups -OCH3 is 1. The normalized spacial score (nSPS) is 11.8. The number of sulfonamides is 1. The number of aromatic nitrogens is 3. The minimum atomic E-state index is -3.61. The average molecular weight is 528 g/mol. The lowest BCUT2D eigenvalue weighted by molar-refractivity contribution is 0.102. The molecule has 4 aromatic rings. The molecule has 0 saturated heterocycles. The zero-order valence-electron chi connectivity index (χ0n) is 20.7. The van der Waals surface area contributed by atoms with Gasteiger partial charge in [0.2, 0.25) is 15.2 Å². The molecule has 0 atom stereocenters. The smallest absolute Gasteiger partial charge is 0.256 e. The SMILES string of the molecule is CCCCN(CC)S(=O)(=O)c1ccc(C(=O)Nc2cc(C)nn2-c2nc3ccc(OC)cc3s2)cc1. The zero-order chi connectivity index (χ0) is 25.9. The fourth-order valence-corrected chi connectivity index (χ4v) is 6.19. The second-order valence-corrected chi connectivity index (χ2v) is 11.2. The van der Waals surface area contributed by atoms with Crippen molar-refractivity contribution in [3.8, 4) is 10.9 Å². The number of aryl methyl sites for hydroxylation is 1. The maximum atomic E-state index is 13.0. The quantitative estimate of drug-likeness (QED) is 0.316. The van der Waals surface area contributed by atoms with Gasteiger partial charge in [-0.1, -0.05) is 31.6 Å². The second-order valence-electron chi connectivity index (χ2n) is 8.24. The number of ether oxygens (including phenoxy) is 1. The van der Waals surface area contributed by atoms with Crippen LogP contribution in [0.1, 0.15) is 42.7 Å². The van der Waals surface area contributed by atoms with E-state index in [1.807, 2.05) is 39.0 Å². The number of nitrogens with zero attached hydrogens (tertiary/aromatic N) is 4. The number of hydrogen-bond acceptors (Lipinski definition) is 7. The predicted molar refractivity (Wildman–Crippen MR) is 142 cm³/mol. The number of thiazole rings is 1. The summed E-state index contributed by atoms with van der Waals surface area (Å²) in [5.74, 6) is 0.832. The fourth-order valence-electron chi connectivity index (χ4n) is 3.74. The van der Waals surface area contributed by atoms with E-state index in [0.29, 0.717) is 29.6 Å². The van der Waals surface area contributed by atoms with Gasteiger partial charge in [0.25, 0.3) is 5.91 Å².